The molecule has 0 N–H and O–H groups in total. The van der Waals surface area contributed by atoms with Crippen molar-refractivity contribution in [1.82, 2.24) is 20.0 Å². The van der Waals surface area contributed by atoms with E-state index in [-0.39, 0.29) is 0 Å². The Balaban J connectivity index is 1.80. The Kier molecular flexibility index (Phi) is 3.98. The van der Waals surface area contributed by atoms with E-state index in [1.807, 2.05) is 65.3 Å². The molecule has 2 aromatic heterocycles. The molecule has 3 aromatic carbocycles. The Morgan fingerprint density at radius 2 is 1.61 bits per heavy atom. The van der Waals surface area contributed by atoms with E-state index in [2.05, 4.69) is 28.5 Å². The summed E-state index contributed by atoms with van der Waals surface area (Å²) in [5, 5.41) is 10.0. The lowest BCUT2D eigenvalue weighted by molar-refractivity contribution is 0.416. The van der Waals surface area contributed by atoms with Crippen LogP contribution in [0.3, 0.4) is 0 Å². The molecule has 5 heteroatoms. The molecular formula is C23H18N4O. The van der Waals surface area contributed by atoms with Crippen molar-refractivity contribution in [3.63, 3.8) is 0 Å². The predicted octanol–water partition coefficient (Wildman–Crippen LogP) is 4.70. The van der Waals surface area contributed by atoms with Crippen molar-refractivity contribution in [3.05, 3.63) is 84.4 Å². The zero-order valence-corrected chi connectivity index (χ0v) is 15.4. The van der Waals surface area contributed by atoms with E-state index >= 15 is 0 Å². The van der Waals surface area contributed by atoms with Gasteiger partial charge in [-0.2, -0.15) is 0 Å². The molecule has 0 amide bonds. The van der Waals surface area contributed by atoms with Gasteiger partial charge in [0.15, 0.2) is 0 Å². The second-order valence-electron chi connectivity index (χ2n) is 6.61. The first-order valence-corrected chi connectivity index (χ1v) is 9.14. The third kappa shape index (κ3) is 2.68. The van der Waals surface area contributed by atoms with E-state index in [0.717, 1.165) is 38.9 Å². The lowest BCUT2D eigenvalue weighted by atomic mass is 10.1. The summed E-state index contributed by atoms with van der Waals surface area (Å²) >= 11 is 0. The average Bonchev–Trinajstić information content (AvgIpc) is 3.18. The maximum Gasteiger partial charge on any atom is 0.140 e. The first kappa shape index (κ1) is 16.4. The van der Waals surface area contributed by atoms with Crippen LogP contribution in [-0.4, -0.2) is 27.1 Å². The fraction of sp³-hybridized carbons (Fsp3) is 0.0870. The molecular weight excluding hydrogens is 348 g/mol. The maximum atomic E-state index is 5.57. The molecule has 0 radical (unpaired) electrons. The van der Waals surface area contributed by atoms with Gasteiger partial charge in [0.1, 0.15) is 22.5 Å². The molecule has 0 saturated carbocycles. The molecule has 0 bridgehead atoms. The monoisotopic (exact) mass is 366 g/mol. The summed E-state index contributed by atoms with van der Waals surface area (Å²) in [6.45, 7) is 0.650. The van der Waals surface area contributed by atoms with E-state index in [1.54, 1.807) is 7.11 Å². The first-order valence-electron chi connectivity index (χ1n) is 9.14. The van der Waals surface area contributed by atoms with E-state index < -0.39 is 0 Å². The first-order chi connectivity index (χ1) is 13.8. The number of ether oxygens (including phenoxy) is 1. The highest BCUT2D eigenvalue weighted by molar-refractivity contribution is 6.07. The molecule has 2 heterocycles. The second kappa shape index (κ2) is 6.78. The van der Waals surface area contributed by atoms with Crippen LogP contribution in [0.2, 0.25) is 0 Å². The molecule has 0 unspecified atom stereocenters. The Bertz CT molecular complexity index is 1280. The van der Waals surface area contributed by atoms with Crippen LogP contribution < -0.4 is 4.74 Å². The van der Waals surface area contributed by atoms with Crippen molar-refractivity contribution >= 4 is 21.9 Å². The van der Waals surface area contributed by atoms with Crippen LogP contribution in [0.4, 0.5) is 0 Å². The fourth-order valence-corrected chi connectivity index (χ4v) is 3.58. The molecule has 5 nitrogen and oxygen atoms in total. The summed E-state index contributed by atoms with van der Waals surface area (Å²) in [4.78, 5) is 4.91. The highest BCUT2D eigenvalue weighted by Crippen LogP contribution is 2.35. The lowest BCUT2D eigenvalue weighted by Crippen LogP contribution is -2.02. The van der Waals surface area contributed by atoms with Crippen LogP contribution >= 0.6 is 0 Å². The lowest BCUT2D eigenvalue weighted by Gasteiger charge is -2.10. The Morgan fingerprint density at radius 1 is 0.857 bits per heavy atom. The van der Waals surface area contributed by atoms with Crippen LogP contribution in [0.5, 0.6) is 5.75 Å². The SMILES string of the molecule is COc1ccccc1-c1nc2ccccc2c2c1nnn2Cc1ccccc1. The minimum Gasteiger partial charge on any atom is -0.496 e. The van der Waals surface area contributed by atoms with E-state index in [4.69, 9.17) is 9.72 Å². The van der Waals surface area contributed by atoms with Crippen molar-refractivity contribution in [2.24, 2.45) is 0 Å². The minimum atomic E-state index is 0.650. The highest BCUT2D eigenvalue weighted by Gasteiger charge is 2.18. The number of para-hydroxylation sites is 2. The van der Waals surface area contributed by atoms with Crippen LogP contribution in [0.15, 0.2) is 78.9 Å². The van der Waals surface area contributed by atoms with Crippen LogP contribution in [0, 0.1) is 0 Å². The molecule has 0 fully saturated rings. The van der Waals surface area contributed by atoms with Gasteiger partial charge in [-0.05, 0) is 23.8 Å². The van der Waals surface area contributed by atoms with Crippen molar-refractivity contribution in [1.29, 1.82) is 0 Å². The molecule has 136 valence electrons. The molecule has 0 saturated heterocycles. The van der Waals surface area contributed by atoms with Gasteiger partial charge in [-0.15, -0.1) is 5.10 Å². The number of hydrogen-bond donors (Lipinski definition) is 0. The minimum absolute atomic E-state index is 0.650. The van der Waals surface area contributed by atoms with Gasteiger partial charge in [-0.1, -0.05) is 65.9 Å². The molecule has 0 spiro atoms. The summed E-state index contributed by atoms with van der Waals surface area (Å²) in [6.07, 6.45) is 0. The number of benzene rings is 3. The molecule has 0 aliphatic carbocycles. The normalized spacial score (nSPS) is 11.2. The van der Waals surface area contributed by atoms with Gasteiger partial charge in [-0.25, -0.2) is 9.67 Å². The average molecular weight is 366 g/mol. The number of aromatic nitrogens is 4. The van der Waals surface area contributed by atoms with Crippen molar-refractivity contribution in [2.75, 3.05) is 7.11 Å². The van der Waals surface area contributed by atoms with Gasteiger partial charge in [-0.3, -0.25) is 0 Å². The van der Waals surface area contributed by atoms with Gasteiger partial charge < -0.3 is 4.74 Å². The van der Waals surface area contributed by atoms with Gasteiger partial charge in [0.25, 0.3) is 0 Å². The maximum absolute atomic E-state index is 5.57. The van der Waals surface area contributed by atoms with Crippen LogP contribution in [0.25, 0.3) is 33.2 Å². The number of methoxy groups -OCH3 is 1. The molecule has 0 aliphatic rings. The Hall–Kier alpha value is -3.73. The summed E-state index contributed by atoms with van der Waals surface area (Å²) < 4.78 is 7.52. The topological polar surface area (TPSA) is 52.8 Å². The predicted molar refractivity (Wildman–Crippen MR) is 110 cm³/mol. The number of nitrogens with zero attached hydrogens (tertiary/aromatic N) is 4. The number of fused-ring (bicyclic) bond motifs is 3. The molecule has 28 heavy (non-hydrogen) atoms. The molecule has 5 rings (SSSR count). The summed E-state index contributed by atoms with van der Waals surface area (Å²) in [5.74, 6) is 0.768. The van der Waals surface area contributed by atoms with Crippen molar-refractivity contribution in [2.45, 2.75) is 6.54 Å². The highest BCUT2D eigenvalue weighted by atomic mass is 16.5. The van der Waals surface area contributed by atoms with Gasteiger partial charge in [0, 0.05) is 10.9 Å². The van der Waals surface area contributed by atoms with Gasteiger partial charge in [0.2, 0.25) is 0 Å². The van der Waals surface area contributed by atoms with Gasteiger partial charge in [0.05, 0.1) is 19.2 Å². The second-order valence-corrected chi connectivity index (χ2v) is 6.61. The summed E-state index contributed by atoms with van der Waals surface area (Å²) in [5.41, 5.74) is 5.54. The molecule has 0 aliphatic heterocycles. The summed E-state index contributed by atoms with van der Waals surface area (Å²) in [7, 11) is 1.67. The standard InChI is InChI=1S/C23H18N4O/c1-28-20-14-8-6-12-18(20)21-22-23(17-11-5-7-13-19(17)24-21)27(26-25-22)15-16-9-3-2-4-10-16/h2-14H,15H2,1H3. The smallest absolute Gasteiger partial charge is 0.140 e. The largest absolute Gasteiger partial charge is 0.496 e. The number of pyridine rings is 1. The quantitative estimate of drug-likeness (QED) is 0.462. The Morgan fingerprint density at radius 3 is 2.46 bits per heavy atom. The number of hydrogen-bond acceptors (Lipinski definition) is 4. The fourth-order valence-electron chi connectivity index (χ4n) is 3.58. The summed E-state index contributed by atoms with van der Waals surface area (Å²) in [6, 6.07) is 26.3. The third-order valence-electron chi connectivity index (χ3n) is 4.89. The van der Waals surface area contributed by atoms with Crippen LogP contribution in [0.1, 0.15) is 5.56 Å². The third-order valence-corrected chi connectivity index (χ3v) is 4.89. The Labute approximate surface area is 162 Å². The van der Waals surface area contributed by atoms with E-state index in [9.17, 15) is 0 Å². The number of rotatable bonds is 4. The van der Waals surface area contributed by atoms with Crippen LogP contribution in [-0.2, 0) is 6.54 Å². The van der Waals surface area contributed by atoms with E-state index in [0.29, 0.717) is 6.54 Å². The van der Waals surface area contributed by atoms with E-state index in [1.165, 1.54) is 5.56 Å². The van der Waals surface area contributed by atoms with Crippen molar-refractivity contribution < 1.29 is 4.74 Å². The van der Waals surface area contributed by atoms with Gasteiger partial charge >= 0.3 is 0 Å². The zero-order chi connectivity index (χ0) is 18.9. The van der Waals surface area contributed by atoms with Crippen molar-refractivity contribution in [3.8, 4) is 17.0 Å². The molecule has 5 aromatic rings. The zero-order valence-electron chi connectivity index (χ0n) is 15.4. The molecule has 0 atom stereocenters.